The fourth-order valence-corrected chi connectivity index (χ4v) is 2.73. The van der Waals surface area contributed by atoms with Gasteiger partial charge in [-0.2, -0.15) is 0 Å². The van der Waals surface area contributed by atoms with E-state index >= 15 is 0 Å². The Hall–Kier alpha value is -0.900. The summed E-state index contributed by atoms with van der Waals surface area (Å²) in [4.78, 5) is 2.39. The molecule has 21 heavy (non-hydrogen) atoms. The smallest absolute Gasteiger partial charge is 0.0610 e. The number of rotatable bonds is 10. The Bertz CT molecular complexity index is 405. The van der Waals surface area contributed by atoms with Crippen molar-refractivity contribution in [2.75, 3.05) is 26.7 Å². The first-order valence-corrected chi connectivity index (χ1v) is 8.22. The standard InChI is InChI=1S/C18H30N2O/c1-18(15-21,19-17-9-10-17)12-6-13-20(2)14-11-16-7-4-3-5-8-16/h3-5,7-8,17,19,21H,6,9-15H2,1-2H3. The van der Waals surface area contributed by atoms with Gasteiger partial charge in [0.25, 0.3) is 0 Å². The Balaban J connectivity index is 1.62. The summed E-state index contributed by atoms with van der Waals surface area (Å²) < 4.78 is 0. The van der Waals surface area contributed by atoms with Crippen LogP contribution in [0.25, 0.3) is 0 Å². The van der Waals surface area contributed by atoms with Crippen LogP contribution < -0.4 is 5.32 Å². The van der Waals surface area contributed by atoms with Crippen molar-refractivity contribution in [1.29, 1.82) is 0 Å². The van der Waals surface area contributed by atoms with Crippen molar-refractivity contribution in [1.82, 2.24) is 10.2 Å². The van der Waals surface area contributed by atoms with Gasteiger partial charge < -0.3 is 15.3 Å². The third kappa shape index (κ3) is 6.16. The fraction of sp³-hybridized carbons (Fsp3) is 0.667. The van der Waals surface area contributed by atoms with Crippen molar-refractivity contribution in [3.8, 4) is 0 Å². The highest BCUT2D eigenvalue weighted by Gasteiger charge is 2.31. The van der Waals surface area contributed by atoms with Crippen molar-refractivity contribution in [3.63, 3.8) is 0 Å². The Morgan fingerprint density at radius 3 is 2.57 bits per heavy atom. The highest BCUT2D eigenvalue weighted by atomic mass is 16.3. The van der Waals surface area contributed by atoms with Crippen molar-refractivity contribution < 1.29 is 5.11 Å². The summed E-state index contributed by atoms with van der Waals surface area (Å²) in [7, 11) is 2.19. The molecule has 0 saturated heterocycles. The first-order valence-electron chi connectivity index (χ1n) is 8.22. The van der Waals surface area contributed by atoms with Crippen LogP contribution in [0.5, 0.6) is 0 Å². The van der Waals surface area contributed by atoms with Gasteiger partial charge in [-0.15, -0.1) is 0 Å². The zero-order chi connectivity index (χ0) is 15.1. The van der Waals surface area contributed by atoms with E-state index in [1.54, 1.807) is 0 Å². The second kappa shape index (κ2) is 7.92. The van der Waals surface area contributed by atoms with Crippen LogP contribution in [-0.2, 0) is 6.42 Å². The van der Waals surface area contributed by atoms with Gasteiger partial charge in [-0.3, -0.25) is 0 Å². The molecule has 0 spiro atoms. The van der Waals surface area contributed by atoms with Crippen LogP contribution in [-0.4, -0.2) is 48.3 Å². The highest BCUT2D eigenvalue weighted by molar-refractivity contribution is 5.14. The molecule has 0 amide bonds. The summed E-state index contributed by atoms with van der Waals surface area (Å²) in [5, 5.41) is 13.2. The molecule has 1 fully saturated rings. The summed E-state index contributed by atoms with van der Waals surface area (Å²) in [6.07, 6.45) is 5.81. The van der Waals surface area contributed by atoms with Gasteiger partial charge in [-0.1, -0.05) is 30.3 Å². The second-order valence-electron chi connectivity index (χ2n) is 6.78. The summed E-state index contributed by atoms with van der Waals surface area (Å²) in [5.74, 6) is 0. The number of aliphatic hydroxyl groups is 1. The molecule has 1 atom stereocenters. The summed E-state index contributed by atoms with van der Waals surface area (Å²) >= 11 is 0. The van der Waals surface area contributed by atoms with Gasteiger partial charge >= 0.3 is 0 Å². The van der Waals surface area contributed by atoms with Gasteiger partial charge in [0.15, 0.2) is 0 Å². The molecule has 3 nitrogen and oxygen atoms in total. The molecule has 0 radical (unpaired) electrons. The van der Waals surface area contributed by atoms with Crippen molar-refractivity contribution in [2.24, 2.45) is 0 Å². The van der Waals surface area contributed by atoms with E-state index in [2.05, 4.69) is 54.5 Å². The normalized spacial score (nSPS) is 17.9. The van der Waals surface area contributed by atoms with Crippen LogP contribution in [0.4, 0.5) is 0 Å². The lowest BCUT2D eigenvalue weighted by Crippen LogP contribution is -2.47. The van der Waals surface area contributed by atoms with Crippen LogP contribution in [0.15, 0.2) is 30.3 Å². The predicted molar refractivity (Wildman–Crippen MR) is 88.5 cm³/mol. The average molecular weight is 290 g/mol. The van der Waals surface area contributed by atoms with Crippen LogP contribution in [0.1, 0.15) is 38.2 Å². The van der Waals surface area contributed by atoms with Crippen LogP contribution >= 0.6 is 0 Å². The van der Waals surface area contributed by atoms with Crippen LogP contribution in [0, 0.1) is 0 Å². The first kappa shape index (κ1) is 16.5. The molecule has 2 N–H and O–H groups in total. The molecule has 0 aliphatic heterocycles. The molecule has 1 saturated carbocycles. The number of hydrogen-bond acceptors (Lipinski definition) is 3. The number of likely N-dealkylation sites (N-methyl/N-ethyl adjacent to an activating group) is 1. The topological polar surface area (TPSA) is 35.5 Å². The number of nitrogens with zero attached hydrogens (tertiary/aromatic N) is 1. The van der Waals surface area contributed by atoms with Crippen molar-refractivity contribution in [3.05, 3.63) is 35.9 Å². The highest BCUT2D eigenvalue weighted by Crippen LogP contribution is 2.24. The van der Waals surface area contributed by atoms with E-state index in [-0.39, 0.29) is 12.1 Å². The number of aliphatic hydroxyl groups excluding tert-OH is 1. The molecule has 1 aromatic carbocycles. The zero-order valence-electron chi connectivity index (χ0n) is 13.5. The molecule has 1 aliphatic carbocycles. The molecule has 0 bridgehead atoms. The molecule has 2 rings (SSSR count). The molecule has 1 aromatic rings. The first-order chi connectivity index (χ1) is 10.1. The van der Waals surface area contributed by atoms with E-state index in [0.717, 1.165) is 32.4 Å². The van der Waals surface area contributed by atoms with E-state index in [1.807, 2.05) is 0 Å². The van der Waals surface area contributed by atoms with Crippen LogP contribution in [0.2, 0.25) is 0 Å². The minimum atomic E-state index is -0.0958. The Kier molecular flexibility index (Phi) is 6.22. The van der Waals surface area contributed by atoms with Gasteiger partial charge in [-0.05, 0) is 58.2 Å². The van der Waals surface area contributed by atoms with E-state index in [9.17, 15) is 5.11 Å². The molecule has 3 heteroatoms. The average Bonchev–Trinajstić information content (AvgIpc) is 3.30. The fourth-order valence-electron chi connectivity index (χ4n) is 2.73. The molecule has 1 aliphatic rings. The third-order valence-corrected chi connectivity index (χ3v) is 4.37. The molecular weight excluding hydrogens is 260 g/mol. The van der Waals surface area contributed by atoms with Crippen molar-refractivity contribution in [2.45, 2.75) is 50.6 Å². The summed E-state index contributed by atoms with van der Waals surface area (Å²) in [6, 6.07) is 11.3. The third-order valence-electron chi connectivity index (χ3n) is 4.37. The van der Waals surface area contributed by atoms with E-state index in [1.165, 1.54) is 18.4 Å². The lowest BCUT2D eigenvalue weighted by atomic mass is 9.96. The summed E-state index contributed by atoms with van der Waals surface area (Å²) in [6.45, 7) is 4.57. The second-order valence-corrected chi connectivity index (χ2v) is 6.78. The molecule has 1 unspecified atom stereocenters. The Labute approximate surface area is 129 Å². The quantitative estimate of drug-likeness (QED) is 0.695. The van der Waals surface area contributed by atoms with E-state index < -0.39 is 0 Å². The predicted octanol–water partition coefficient (Wildman–Crippen LogP) is 2.44. The Morgan fingerprint density at radius 2 is 1.95 bits per heavy atom. The van der Waals surface area contributed by atoms with E-state index in [4.69, 9.17) is 0 Å². The number of nitrogens with one attached hydrogen (secondary N) is 1. The Morgan fingerprint density at radius 1 is 1.24 bits per heavy atom. The van der Waals surface area contributed by atoms with Crippen LogP contribution in [0.3, 0.4) is 0 Å². The number of benzene rings is 1. The van der Waals surface area contributed by atoms with Gasteiger partial charge in [0.05, 0.1) is 6.61 Å². The molecule has 0 aromatic heterocycles. The minimum absolute atomic E-state index is 0.0958. The van der Waals surface area contributed by atoms with Gasteiger partial charge in [0.2, 0.25) is 0 Å². The van der Waals surface area contributed by atoms with Gasteiger partial charge in [0.1, 0.15) is 0 Å². The lowest BCUT2D eigenvalue weighted by Gasteiger charge is -2.30. The van der Waals surface area contributed by atoms with Crippen molar-refractivity contribution >= 4 is 0 Å². The van der Waals surface area contributed by atoms with Gasteiger partial charge in [-0.25, -0.2) is 0 Å². The molecule has 0 heterocycles. The van der Waals surface area contributed by atoms with E-state index in [0.29, 0.717) is 6.04 Å². The minimum Gasteiger partial charge on any atom is -0.394 e. The molecular formula is C18H30N2O. The number of hydrogen-bond donors (Lipinski definition) is 2. The largest absolute Gasteiger partial charge is 0.394 e. The lowest BCUT2D eigenvalue weighted by molar-refractivity contribution is 0.157. The maximum Gasteiger partial charge on any atom is 0.0610 e. The maximum absolute atomic E-state index is 9.60. The maximum atomic E-state index is 9.60. The zero-order valence-corrected chi connectivity index (χ0v) is 13.5. The monoisotopic (exact) mass is 290 g/mol. The molecule has 118 valence electrons. The van der Waals surface area contributed by atoms with Gasteiger partial charge in [0, 0.05) is 18.1 Å². The SMILES string of the molecule is CN(CCCC(C)(CO)NC1CC1)CCc1ccccc1. The summed E-state index contributed by atoms with van der Waals surface area (Å²) in [5.41, 5.74) is 1.31.